The summed E-state index contributed by atoms with van der Waals surface area (Å²) in [5.41, 5.74) is 2.79. The Morgan fingerprint density at radius 3 is 2.78 bits per heavy atom. The molecule has 0 radical (unpaired) electrons. The van der Waals surface area contributed by atoms with Gasteiger partial charge in [-0.05, 0) is 112 Å². The number of carbonyl (C=O) groups excluding carboxylic acids is 3. The van der Waals surface area contributed by atoms with Gasteiger partial charge in [-0.25, -0.2) is 4.79 Å². The zero-order valence-corrected chi connectivity index (χ0v) is 32.6. The van der Waals surface area contributed by atoms with Crippen molar-refractivity contribution in [1.29, 1.82) is 0 Å². The molecule has 290 valence electrons. The molecule has 0 saturated carbocycles. The van der Waals surface area contributed by atoms with Crippen molar-refractivity contribution in [3.8, 4) is 0 Å². The number of hydrogen-bond donors (Lipinski definition) is 5. The first kappa shape index (κ1) is 38.4. The standard InChI is InChI=1S/C44H58N4O6/c1-6-46-36-22-30-11-8-7-10-29(30)21-32(36)25-53-42(52)44-40(51)38-31(20-26(2)3)12-9-13-35(38)39(50)43(44,54-44)23-33(24-49)27(4)14-15-28-18-19-47-41-34(28)16-17-37(45-5)48-41/h8-9,11-13,18,22,26,29,32,36-37,45-49H,6-7,10,14-17,19-21,23-25H2,1-5H3/b33-27-/t29-,32-,36+,37+,43-,44-/m0/s1. The first-order valence-electron chi connectivity index (χ1n) is 20.2. The summed E-state index contributed by atoms with van der Waals surface area (Å²) < 4.78 is 12.5. The number of likely N-dealkylation sites (N-methyl/N-ethyl adjacent to an activating group) is 1. The second-order valence-corrected chi connectivity index (χ2v) is 16.4. The van der Waals surface area contributed by atoms with Gasteiger partial charge >= 0.3 is 5.97 Å². The Morgan fingerprint density at radius 1 is 1.19 bits per heavy atom. The normalized spacial score (nSPS) is 30.2. The van der Waals surface area contributed by atoms with Crippen LogP contribution in [0, 0.1) is 17.8 Å². The monoisotopic (exact) mass is 738 g/mol. The molecule has 6 atom stereocenters. The number of ether oxygens (including phenoxy) is 2. The Bertz CT molecular complexity index is 1840. The van der Waals surface area contributed by atoms with Gasteiger partial charge in [-0.1, -0.05) is 68.8 Å². The number of rotatable bonds is 14. The van der Waals surface area contributed by atoms with Crippen LogP contribution >= 0.6 is 0 Å². The highest BCUT2D eigenvalue weighted by Crippen LogP contribution is 2.60. The molecule has 3 heterocycles. The van der Waals surface area contributed by atoms with Gasteiger partial charge in [0.2, 0.25) is 5.78 Å². The van der Waals surface area contributed by atoms with Crippen molar-refractivity contribution >= 4 is 17.5 Å². The van der Waals surface area contributed by atoms with E-state index in [0.29, 0.717) is 24.3 Å². The van der Waals surface area contributed by atoms with Crippen LogP contribution < -0.4 is 21.3 Å². The molecular formula is C44H58N4O6. The van der Waals surface area contributed by atoms with Gasteiger partial charge in [-0.3, -0.25) is 9.59 Å². The van der Waals surface area contributed by atoms with Gasteiger partial charge in [-0.15, -0.1) is 0 Å². The molecule has 3 aliphatic carbocycles. The summed E-state index contributed by atoms with van der Waals surface area (Å²) in [5, 5.41) is 24.7. The first-order chi connectivity index (χ1) is 26.1. The van der Waals surface area contributed by atoms with Crippen molar-refractivity contribution in [3.05, 3.63) is 92.9 Å². The molecule has 0 aromatic heterocycles. The summed E-state index contributed by atoms with van der Waals surface area (Å²) in [6.45, 7) is 9.44. The quantitative estimate of drug-likeness (QED) is 0.0734. The highest BCUT2D eigenvalue weighted by atomic mass is 16.7. The maximum Gasteiger partial charge on any atom is 0.350 e. The summed E-state index contributed by atoms with van der Waals surface area (Å²) in [6.07, 6.45) is 15.9. The zero-order valence-electron chi connectivity index (χ0n) is 32.6. The number of aliphatic hydroxyl groups excluding tert-OH is 1. The predicted octanol–water partition coefficient (Wildman–Crippen LogP) is 5.35. The molecular weight excluding hydrogens is 681 g/mol. The molecule has 7 rings (SSSR count). The van der Waals surface area contributed by atoms with E-state index in [-0.39, 0.29) is 54.8 Å². The molecule has 1 fully saturated rings. The third kappa shape index (κ3) is 6.84. The maximum absolute atomic E-state index is 14.8. The molecule has 1 aromatic rings. The largest absolute Gasteiger partial charge is 0.463 e. The van der Waals surface area contributed by atoms with Crippen molar-refractivity contribution in [2.24, 2.45) is 17.8 Å². The molecule has 1 saturated heterocycles. The molecule has 10 nitrogen and oxygen atoms in total. The van der Waals surface area contributed by atoms with Crippen LogP contribution in [0.2, 0.25) is 0 Å². The van der Waals surface area contributed by atoms with Gasteiger partial charge < -0.3 is 35.8 Å². The Hall–Kier alpha value is -3.83. The Kier molecular flexibility index (Phi) is 11.2. The highest BCUT2D eigenvalue weighted by Gasteiger charge is 2.85. The van der Waals surface area contributed by atoms with Crippen molar-refractivity contribution in [2.45, 2.75) is 109 Å². The fraction of sp³-hybridized carbons (Fsp3) is 0.568. The Balaban J connectivity index is 1.17. The molecule has 54 heavy (non-hydrogen) atoms. The molecule has 0 bridgehead atoms. The molecule has 5 N–H and O–H groups in total. The number of carbonyl (C=O) groups is 3. The van der Waals surface area contributed by atoms with Crippen LogP contribution in [0.5, 0.6) is 0 Å². The first-order valence-corrected chi connectivity index (χ1v) is 20.2. The molecule has 0 unspecified atom stereocenters. The minimum absolute atomic E-state index is 0.00966. The fourth-order valence-corrected chi connectivity index (χ4v) is 9.55. The topological polar surface area (TPSA) is 141 Å². The van der Waals surface area contributed by atoms with Crippen molar-refractivity contribution in [1.82, 2.24) is 21.3 Å². The van der Waals surface area contributed by atoms with Gasteiger partial charge in [0.1, 0.15) is 5.82 Å². The van der Waals surface area contributed by atoms with Crippen LogP contribution in [0.25, 0.3) is 0 Å². The van der Waals surface area contributed by atoms with Crippen LogP contribution in [-0.2, 0) is 20.7 Å². The number of nitrogens with one attached hydrogen (secondary N) is 4. The second kappa shape index (κ2) is 15.7. The minimum atomic E-state index is -2.10. The lowest BCUT2D eigenvalue weighted by atomic mass is 9.69. The SMILES string of the molecule is CCN[C@@H]1C=C2C=CCC[C@H]2C[C@H]1COC(=O)[C@]12O[C@@]1(C/C(CO)=C(\C)CCC1=CCNC3=C1CC[C@H](NC)N3)C(=O)c1cccc(CC(C)C)c1C2=O. The van der Waals surface area contributed by atoms with Crippen LogP contribution in [0.3, 0.4) is 0 Å². The van der Waals surface area contributed by atoms with E-state index in [9.17, 15) is 19.5 Å². The number of aliphatic hydroxyl groups is 1. The summed E-state index contributed by atoms with van der Waals surface area (Å²) >= 11 is 0. The smallest absolute Gasteiger partial charge is 0.350 e. The third-order valence-electron chi connectivity index (χ3n) is 12.6. The molecule has 10 heteroatoms. The number of epoxide rings is 1. The third-order valence-corrected chi connectivity index (χ3v) is 12.6. The number of esters is 1. The second-order valence-electron chi connectivity index (χ2n) is 16.4. The van der Waals surface area contributed by atoms with E-state index in [1.165, 1.54) is 16.7 Å². The number of allylic oxidation sites excluding steroid dienone is 6. The highest BCUT2D eigenvalue weighted by molar-refractivity contribution is 6.33. The van der Waals surface area contributed by atoms with E-state index in [2.05, 4.69) is 66.3 Å². The average molecular weight is 739 g/mol. The lowest BCUT2D eigenvalue weighted by molar-refractivity contribution is -0.150. The van der Waals surface area contributed by atoms with Crippen LogP contribution in [0.1, 0.15) is 105 Å². The van der Waals surface area contributed by atoms with Gasteiger partial charge in [0, 0.05) is 36.1 Å². The molecule has 0 spiro atoms. The molecule has 0 amide bonds. The van der Waals surface area contributed by atoms with E-state index in [1.807, 2.05) is 20.0 Å². The van der Waals surface area contributed by atoms with Gasteiger partial charge in [0.25, 0.3) is 5.60 Å². The molecule has 1 aromatic carbocycles. The van der Waals surface area contributed by atoms with Crippen LogP contribution in [0.4, 0.5) is 0 Å². The minimum Gasteiger partial charge on any atom is -0.463 e. The number of dihydropyridines is 1. The molecule has 3 aliphatic heterocycles. The van der Waals surface area contributed by atoms with E-state index in [0.717, 1.165) is 68.6 Å². The van der Waals surface area contributed by atoms with Crippen molar-refractivity contribution < 1.29 is 29.0 Å². The Morgan fingerprint density at radius 2 is 2.02 bits per heavy atom. The summed E-state index contributed by atoms with van der Waals surface area (Å²) in [5.74, 6) is -0.0214. The van der Waals surface area contributed by atoms with E-state index < -0.39 is 28.7 Å². The molecule has 6 aliphatic rings. The maximum atomic E-state index is 14.8. The lowest BCUT2D eigenvalue weighted by Crippen LogP contribution is -2.52. The van der Waals surface area contributed by atoms with E-state index >= 15 is 0 Å². The van der Waals surface area contributed by atoms with Crippen molar-refractivity contribution in [3.63, 3.8) is 0 Å². The number of hydrogen-bond acceptors (Lipinski definition) is 10. The summed E-state index contributed by atoms with van der Waals surface area (Å²) in [7, 11) is 1.96. The predicted molar refractivity (Wildman–Crippen MR) is 209 cm³/mol. The van der Waals surface area contributed by atoms with Crippen molar-refractivity contribution in [2.75, 3.05) is 33.4 Å². The summed E-state index contributed by atoms with van der Waals surface area (Å²) in [6, 6.07) is 5.36. The Labute approximate surface area is 320 Å². The number of ketones is 2. The lowest BCUT2D eigenvalue weighted by Gasteiger charge is -2.36. The van der Waals surface area contributed by atoms with Crippen LogP contribution in [0.15, 0.2) is 76.2 Å². The van der Waals surface area contributed by atoms with E-state index in [4.69, 9.17) is 9.47 Å². The van der Waals surface area contributed by atoms with E-state index in [1.54, 1.807) is 12.1 Å². The van der Waals surface area contributed by atoms with Gasteiger partial charge in [0.15, 0.2) is 11.4 Å². The van der Waals surface area contributed by atoms with Gasteiger partial charge in [-0.2, -0.15) is 0 Å². The van der Waals surface area contributed by atoms with Crippen LogP contribution in [-0.4, -0.2) is 79.4 Å². The summed E-state index contributed by atoms with van der Waals surface area (Å²) in [4.78, 5) is 44.1. The number of Topliss-reactive ketones (excluding diaryl/α,β-unsaturated/α-hetero) is 2. The number of fused-ring (bicyclic) bond motifs is 3. The zero-order chi connectivity index (χ0) is 38.2. The number of benzene rings is 1. The van der Waals surface area contributed by atoms with Gasteiger partial charge in [0.05, 0.1) is 19.4 Å². The average Bonchev–Trinajstić information content (AvgIpc) is 3.88. The fourth-order valence-electron chi connectivity index (χ4n) is 9.55.